The predicted octanol–water partition coefficient (Wildman–Crippen LogP) is 5.42. The van der Waals surface area contributed by atoms with Crippen molar-refractivity contribution in [3.63, 3.8) is 0 Å². The molecule has 0 aliphatic heterocycles. The van der Waals surface area contributed by atoms with Gasteiger partial charge in [-0.2, -0.15) is 15.0 Å². The Morgan fingerprint density at radius 2 is 0.939 bits per heavy atom. The lowest BCUT2D eigenvalue weighted by Crippen LogP contribution is -2.07. The normalized spacial score (nSPS) is 10.7. The van der Waals surface area contributed by atoms with E-state index < -0.39 is 0 Å². The van der Waals surface area contributed by atoms with E-state index in [1.807, 2.05) is 66.7 Å². The molecule has 0 radical (unpaired) electrons. The first-order chi connectivity index (χ1) is 16.1. The van der Waals surface area contributed by atoms with Gasteiger partial charge in [-0.15, -0.1) is 0 Å². The molecule has 1 aromatic heterocycles. The number of rotatable bonds is 6. The van der Waals surface area contributed by atoms with Crippen molar-refractivity contribution < 1.29 is 0 Å². The van der Waals surface area contributed by atoms with E-state index in [4.69, 9.17) is 11.5 Å². The van der Waals surface area contributed by atoms with Gasteiger partial charge >= 0.3 is 0 Å². The lowest BCUT2D eigenvalue weighted by Gasteiger charge is -2.12. The molecule has 0 saturated carbocycles. The molecule has 0 spiro atoms. The van der Waals surface area contributed by atoms with Crippen LogP contribution in [0.25, 0.3) is 10.8 Å². The monoisotopic (exact) mass is 434 g/mol. The fraction of sp³-hybridized carbons (Fsp3) is 0. The average molecular weight is 435 g/mol. The molecule has 0 atom stereocenters. The Morgan fingerprint density at radius 3 is 1.45 bits per heavy atom. The highest BCUT2D eigenvalue weighted by molar-refractivity contribution is 5.86. The molecule has 0 bridgehead atoms. The highest BCUT2D eigenvalue weighted by Crippen LogP contribution is 2.24. The topological polar surface area (TPSA) is 127 Å². The van der Waals surface area contributed by atoms with Crippen LogP contribution in [0.5, 0.6) is 0 Å². The minimum Gasteiger partial charge on any atom is -0.399 e. The third-order valence-electron chi connectivity index (χ3n) is 4.93. The molecule has 4 aromatic carbocycles. The first-order valence-corrected chi connectivity index (χ1v) is 10.4. The number of nitrogens with one attached hydrogen (secondary N) is 3. The van der Waals surface area contributed by atoms with Crippen molar-refractivity contribution in [1.82, 2.24) is 15.0 Å². The molecular weight excluding hydrogens is 412 g/mol. The van der Waals surface area contributed by atoms with Crippen molar-refractivity contribution >= 4 is 57.1 Å². The zero-order valence-corrected chi connectivity index (χ0v) is 17.7. The molecule has 0 aliphatic carbocycles. The summed E-state index contributed by atoms with van der Waals surface area (Å²) in [5.41, 5.74) is 15.5. The number of nitrogen functional groups attached to an aromatic ring is 2. The van der Waals surface area contributed by atoms with E-state index in [0.717, 1.165) is 27.8 Å². The van der Waals surface area contributed by atoms with Gasteiger partial charge in [0.1, 0.15) is 0 Å². The summed E-state index contributed by atoms with van der Waals surface area (Å²) in [5.74, 6) is 1.12. The van der Waals surface area contributed by atoms with Crippen LogP contribution >= 0.6 is 0 Å². The van der Waals surface area contributed by atoms with Gasteiger partial charge in [-0.25, -0.2) is 0 Å². The molecule has 0 fully saturated rings. The van der Waals surface area contributed by atoms with Gasteiger partial charge in [-0.3, -0.25) is 0 Å². The second kappa shape index (κ2) is 8.72. The summed E-state index contributed by atoms with van der Waals surface area (Å²) in [4.78, 5) is 13.6. The predicted molar refractivity (Wildman–Crippen MR) is 135 cm³/mol. The smallest absolute Gasteiger partial charge is 0.233 e. The van der Waals surface area contributed by atoms with E-state index in [9.17, 15) is 0 Å². The number of aromatic nitrogens is 3. The summed E-state index contributed by atoms with van der Waals surface area (Å²) in [5, 5.41) is 11.9. The summed E-state index contributed by atoms with van der Waals surface area (Å²) in [6.45, 7) is 0. The van der Waals surface area contributed by atoms with E-state index in [2.05, 4.69) is 55.2 Å². The summed E-state index contributed by atoms with van der Waals surface area (Å²) in [6.07, 6.45) is 0. The Morgan fingerprint density at radius 1 is 0.455 bits per heavy atom. The zero-order chi connectivity index (χ0) is 22.6. The molecule has 1 heterocycles. The number of nitrogens with zero attached hydrogens (tertiary/aromatic N) is 3. The Hall–Kier alpha value is -4.85. The van der Waals surface area contributed by atoms with Crippen LogP contribution < -0.4 is 27.4 Å². The molecule has 0 unspecified atom stereocenters. The molecule has 0 saturated heterocycles. The molecule has 7 N–H and O–H groups in total. The third-order valence-corrected chi connectivity index (χ3v) is 4.93. The quantitative estimate of drug-likeness (QED) is 0.224. The Kier molecular flexibility index (Phi) is 5.30. The van der Waals surface area contributed by atoms with Crippen LogP contribution in [0.3, 0.4) is 0 Å². The maximum absolute atomic E-state index is 5.91. The van der Waals surface area contributed by atoms with E-state index in [-0.39, 0.29) is 0 Å². The first kappa shape index (κ1) is 20.1. The molecule has 33 heavy (non-hydrogen) atoms. The fourth-order valence-corrected chi connectivity index (χ4v) is 3.43. The van der Waals surface area contributed by atoms with Gasteiger partial charge in [-0.05, 0) is 59.3 Å². The van der Waals surface area contributed by atoms with Gasteiger partial charge in [-0.1, -0.05) is 42.5 Å². The molecule has 0 amide bonds. The van der Waals surface area contributed by atoms with Gasteiger partial charge in [0.05, 0.1) is 0 Å². The van der Waals surface area contributed by atoms with Crippen molar-refractivity contribution in [2.45, 2.75) is 0 Å². The number of benzene rings is 4. The Labute approximate surface area is 190 Å². The summed E-state index contributed by atoms with van der Waals surface area (Å²) >= 11 is 0. The number of nitrogens with two attached hydrogens (primary N) is 2. The lowest BCUT2D eigenvalue weighted by atomic mass is 10.1. The molecule has 5 aromatic rings. The van der Waals surface area contributed by atoms with Crippen molar-refractivity contribution in [2.24, 2.45) is 0 Å². The fourth-order valence-electron chi connectivity index (χ4n) is 3.43. The molecule has 8 heteroatoms. The molecule has 0 aliphatic rings. The number of fused-ring (bicyclic) bond motifs is 1. The second-order valence-electron chi connectivity index (χ2n) is 7.49. The summed E-state index contributed by atoms with van der Waals surface area (Å²) < 4.78 is 0. The standard InChI is InChI=1S/C25H22N8/c26-18-7-3-9-20(14-18)28-23-31-24(29-21-10-4-8-19(27)15-21)33-25(32-23)30-22-12-11-16-5-1-2-6-17(16)13-22/h1-15H,26-27H2,(H3,28,29,30,31,32,33). The minimum absolute atomic E-state index is 0.366. The van der Waals surface area contributed by atoms with Crippen LogP contribution in [0, 0.1) is 0 Å². The first-order valence-electron chi connectivity index (χ1n) is 10.4. The van der Waals surface area contributed by atoms with Gasteiger partial charge < -0.3 is 27.4 Å². The molecule has 5 rings (SSSR count). The third kappa shape index (κ3) is 4.91. The van der Waals surface area contributed by atoms with Crippen LogP contribution in [-0.4, -0.2) is 15.0 Å². The van der Waals surface area contributed by atoms with Crippen LogP contribution in [0.15, 0.2) is 91.0 Å². The van der Waals surface area contributed by atoms with Crippen molar-refractivity contribution in [3.05, 3.63) is 91.0 Å². The van der Waals surface area contributed by atoms with Crippen LogP contribution in [0.1, 0.15) is 0 Å². The Bertz CT molecular complexity index is 1370. The SMILES string of the molecule is Nc1cccc(Nc2nc(Nc3cccc(N)c3)nc(Nc3ccc4ccccc4c3)n2)c1. The van der Waals surface area contributed by atoms with Gasteiger partial charge in [0.15, 0.2) is 0 Å². The van der Waals surface area contributed by atoms with Crippen molar-refractivity contribution in [2.75, 3.05) is 27.4 Å². The lowest BCUT2D eigenvalue weighted by molar-refractivity contribution is 1.06. The van der Waals surface area contributed by atoms with Crippen molar-refractivity contribution in [3.8, 4) is 0 Å². The number of hydrogen-bond donors (Lipinski definition) is 5. The van der Waals surface area contributed by atoms with Gasteiger partial charge in [0.25, 0.3) is 0 Å². The van der Waals surface area contributed by atoms with Crippen LogP contribution in [0.2, 0.25) is 0 Å². The summed E-state index contributed by atoms with van der Waals surface area (Å²) in [6, 6.07) is 29.0. The van der Waals surface area contributed by atoms with E-state index in [1.165, 1.54) is 0 Å². The zero-order valence-electron chi connectivity index (χ0n) is 17.7. The highest BCUT2D eigenvalue weighted by Gasteiger charge is 2.09. The Balaban J connectivity index is 1.49. The average Bonchev–Trinajstić information content (AvgIpc) is 2.79. The summed E-state index contributed by atoms with van der Waals surface area (Å²) in [7, 11) is 0. The van der Waals surface area contributed by atoms with Gasteiger partial charge in [0.2, 0.25) is 17.8 Å². The van der Waals surface area contributed by atoms with Crippen molar-refractivity contribution in [1.29, 1.82) is 0 Å². The van der Waals surface area contributed by atoms with E-state index in [1.54, 1.807) is 0 Å². The van der Waals surface area contributed by atoms with Gasteiger partial charge in [0, 0.05) is 28.4 Å². The van der Waals surface area contributed by atoms with Crippen LogP contribution in [-0.2, 0) is 0 Å². The van der Waals surface area contributed by atoms with Crippen LogP contribution in [0.4, 0.5) is 46.3 Å². The second-order valence-corrected chi connectivity index (χ2v) is 7.49. The van der Waals surface area contributed by atoms with E-state index in [0.29, 0.717) is 29.2 Å². The molecule has 8 nitrogen and oxygen atoms in total. The minimum atomic E-state index is 0.366. The highest BCUT2D eigenvalue weighted by atomic mass is 15.3. The maximum Gasteiger partial charge on any atom is 0.233 e. The molecule has 162 valence electrons. The van der Waals surface area contributed by atoms with E-state index >= 15 is 0 Å². The maximum atomic E-state index is 5.91. The largest absolute Gasteiger partial charge is 0.399 e. The molecular formula is C25H22N8. The number of hydrogen-bond acceptors (Lipinski definition) is 8. The number of anilines is 8.